The van der Waals surface area contributed by atoms with Crippen LogP contribution in [0.2, 0.25) is 0 Å². The van der Waals surface area contributed by atoms with Gasteiger partial charge in [-0.05, 0) is 44.2 Å². The van der Waals surface area contributed by atoms with Crippen LogP contribution >= 0.6 is 11.9 Å². The van der Waals surface area contributed by atoms with Crippen molar-refractivity contribution in [3.63, 3.8) is 0 Å². The van der Waals surface area contributed by atoms with E-state index in [1.807, 2.05) is 6.07 Å². The van der Waals surface area contributed by atoms with Gasteiger partial charge in [-0.1, -0.05) is 48.3 Å². The molecule has 2 heterocycles. The van der Waals surface area contributed by atoms with Crippen LogP contribution in [0.1, 0.15) is 49.0 Å². The number of benzene rings is 2. The highest BCUT2D eigenvalue weighted by Crippen LogP contribution is 2.43. The van der Waals surface area contributed by atoms with Gasteiger partial charge in [0.05, 0.1) is 12.4 Å². The quantitative estimate of drug-likeness (QED) is 0.445. The van der Waals surface area contributed by atoms with Crippen LogP contribution in [0.15, 0.2) is 48.5 Å². The van der Waals surface area contributed by atoms with Gasteiger partial charge in [0.2, 0.25) is 0 Å². The predicted molar refractivity (Wildman–Crippen MR) is 135 cm³/mol. The molecule has 2 aromatic rings. The Labute approximate surface area is 207 Å². The summed E-state index contributed by atoms with van der Waals surface area (Å²) in [5.74, 6) is 0.190. The van der Waals surface area contributed by atoms with Crippen LogP contribution in [0, 0.1) is 11.2 Å². The van der Waals surface area contributed by atoms with Crippen LogP contribution in [-0.2, 0) is 21.1 Å². The standard InChI is InChI=1S/C26H34FNO4S2/c1-20-8-11-25(21-6-4-3-5-7-21)33-28(20)17-22-9-10-23(16-24(22)27)32-18-26(19-34(2,29)30)12-14-31-15-13-26/h3-7,9-10,16,20,25H,8,11-15,17-19H2,1-2H3/t20-,25+/m0/s1. The molecule has 2 aromatic carbocycles. The first-order chi connectivity index (χ1) is 16.2. The van der Waals surface area contributed by atoms with Crippen molar-refractivity contribution < 1.29 is 22.3 Å². The molecule has 0 aliphatic carbocycles. The average molecular weight is 508 g/mol. The Morgan fingerprint density at radius 1 is 1.15 bits per heavy atom. The summed E-state index contributed by atoms with van der Waals surface area (Å²) in [5.41, 5.74) is 1.45. The van der Waals surface area contributed by atoms with E-state index in [0.29, 0.717) is 55.2 Å². The highest BCUT2D eigenvalue weighted by molar-refractivity contribution is 7.97. The first-order valence-corrected chi connectivity index (χ1v) is 14.8. The maximum absolute atomic E-state index is 15.1. The average Bonchev–Trinajstić information content (AvgIpc) is 2.81. The number of nitrogens with zero attached hydrogens (tertiary/aromatic N) is 1. The normalized spacial score (nSPS) is 23.5. The topological polar surface area (TPSA) is 55.8 Å². The maximum Gasteiger partial charge on any atom is 0.148 e. The van der Waals surface area contributed by atoms with Crippen LogP contribution in [0.25, 0.3) is 0 Å². The fourth-order valence-corrected chi connectivity index (χ4v) is 7.64. The zero-order valence-corrected chi connectivity index (χ0v) is 21.5. The lowest BCUT2D eigenvalue weighted by molar-refractivity contribution is 0.00209. The fraction of sp³-hybridized carbons (Fsp3) is 0.538. The molecule has 0 N–H and O–H groups in total. The lowest BCUT2D eigenvalue weighted by Crippen LogP contribution is -2.40. The van der Waals surface area contributed by atoms with Crippen LogP contribution in [0.5, 0.6) is 5.75 Å². The summed E-state index contributed by atoms with van der Waals surface area (Å²) in [6.45, 7) is 3.99. The van der Waals surface area contributed by atoms with Crippen molar-refractivity contribution in [1.82, 2.24) is 4.31 Å². The third kappa shape index (κ3) is 6.74. The Morgan fingerprint density at radius 2 is 1.88 bits per heavy atom. The Balaban J connectivity index is 1.40. The number of halogens is 1. The second kappa shape index (κ2) is 11.0. The van der Waals surface area contributed by atoms with Crippen LogP contribution < -0.4 is 4.74 Å². The molecule has 2 atom stereocenters. The van der Waals surface area contributed by atoms with Gasteiger partial charge in [-0.15, -0.1) is 0 Å². The van der Waals surface area contributed by atoms with Crippen molar-refractivity contribution in [2.24, 2.45) is 5.41 Å². The van der Waals surface area contributed by atoms with Gasteiger partial charge in [0, 0.05) is 54.4 Å². The third-order valence-corrected chi connectivity index (χ3v) is 9.45. The van der Waals surface area contributed by atoms with Crippen molar-refractivity contribution in [3.8, 4) is 5.75 Å². The molecule has 4 rings (SSSR count). The maximum atomic E-state index is 15.1. The first kappa shape index (κ1) is 25.5. The van der Waals surface area contributed by atoms with Gasteiger partial charge in [0.25, 0.3) is 0 Å². The molecule has 8 heteroatoms. The van der Waals surface area contributed by atoms with Gasteiger partial charge in [-0.25, -0.2) is 17.1 Å². The third-order valence-electron chi connectivity index (χ3n) is 6.79. The molecule has 5 nitrogen and oxygen atoms in total. The highest BCUT2D eigenvalue weighted by Gasteiger charge is 2.37. The predicted octanol–water partition coefficient (Wildman–Crippen LogP) is 5.42. The van der Waals surface area contributed by atoms with Gasteiger partial charge < -0.3 is 9.47 Å². The van der Waals surface area contributed by atoms with Crippen LogP contribution in [0.3, 0.4) is 0 Å². The Morgan fingerprint density at radius 3 is 2.56 bits per heavy atom. The molecule has 2 aliphatic rings. The molecule has 2 aliphatic heterocycles. The van der Waals surface area contributed by atoms with E-state index in [4.69, 9.17) is 9.47 Å². The molecule has 0 bridgehead atoms. The number of ether oxygens (including phenoxy) is 2. The monoisotopic (exact) mass is 507 g/mol. The Bertz CT molecular complexity index is 1060. The van der Waals surface area contributed by atoms with E-state index in [1.54, 1.807) is 24.1 Å². The van der Waals surface area contributed by atoms with Gasteiger partial charge in [0.15, 0.2) is 0 Å². The van der Waals surface area contributed by atoms with E-state index in [1.165, 1.54) is 17.9 Å². The number of hydrogen-bond acceptors (Lipinski definition) is 6. The lowest BCUT2D eigenvalue weighted by Gasteiger charge is -2.37. The van der Waals surface area contributed by atoms with Crippen molar-refractivity contribution in [1.29, 1.82) is 0 Å². The molecule has 2 saturated heterocycles. The fourth-order valence-electron chi connectivity index (χ4n) is 4.79. The minimum Gasteiger partial charge on any atom is -0.493 e. The molecule has 0 unspecified atom stereocenters. The zero-order valence-electron chi connectivity index (χ0n) is 19.9. The van der Waals surface area contributed by atoms with Crippen LogP contribution in [0.4, 0.5) is 4.39 Å². The SMILES string of the molecule is C[C@H]1CC[C@H](c2ccccc2)SN1Cc1ccc(OCC2(CS(C)(=O)=O)CCOCC2)cc1F. The molecule has 0 saturated carbocycles. The van der Waals surface area contributed by atoms with Gasteiger partial charge in [0.1, 0.15) is 21.4 Å². The van der Waals surface area contributed by atoms with E-state index in [9.17, 15) is 8.42 Å². The van der Waals surface area contributed by atoms with E-state index >= 15 is 4.39 Å². The summed E-state index contributed by atoms with van der Waals surface area (Å²) in [5, 5.41) is 0.383. The van der Waals surface area contributed by atoms with Crippen molar-refractivity contribution in [2.75, 3.05) is 31.8 Å². The van der Waals surface area contributed by atoms with Gasteiger partial charge in [-0.2, -0.15) is 0 Å². The lowest BCUT2D eigenvalue weighted by atomic mass is 9.83. The van der Waals surface area contributed by atoms with Crippen molar-refractivity contribution in [3.05, 3.63) is 65.5 Å². The molecular formula is C26H34FNO4S2. The van der Waals surface area contributed by atoms with E-state index < -0.39 is 15.3 Å². The molecule has 2 fully saturated rings. The van der Waals surface area contributed by atoms with E-state index in [2.05, 4.69) is 35.5 Å². The zero-order chi connectivity index (χ0) is 24.2. The summed E-state index contributed by atoms with van der Waals surface area (Å²) >= 11 is 1.80. The highest BCUT2D eigenvalue weighted by atomic mass is 32.2. The smallest absolute Gasteiger partial charge is 0.148 e. The molecule has 186 valence electrons. The first-order valence-electron chi connectivity index (χ1n) is 11.9. The molecule has 0 radical (unpaired) electrons. The largest absolute Gasteiger partial charge is 0.493 e. The molecule has 34 heavy (non-hydrogen) atoms. The van der Waals surface area contributed by atoms with Crippen molar-refractivity contribution in [2.45, 2.75) is 50.4 Å². The second-order valence-corrected chi connectivity index (χ2v) is 13.1. The number of sulfone groups is 1. The number of hydrogen-bond donors (Lipinski definition) is 0. The second-order valence-electron chi connectivity index (χ2n) is 9.73. The summed E-state index contributed by atoms with van der Waals surface area (Å²) in [4.78, 5) is 0. The summed E-state index contributed by atoms with van der Waals surface area (Å²) < 4.78 is 52.7. The number of rotatable bonds is 8. The van der Waals surface area contributed by atoms with E-state index in [-0.39, 0.29) is 18.2 Å². The Hall–Kier alpha value is -1.61. The summed E-state index contributed by atoms with van der Waals surface area (Å²) in [7, 11) is -3.17. The molecule has 0 aromatic heterocycles. The summed E-state index contributed by atoms with van der Waals surface area (Å²) in [6.07, 6.45) is 4.67. The minimum absolute atomic E-state index is 0.0522. The van der Waals surface area contributed by atoms with Crippen molar-refractivity contribution >= 4 is 21.8 Å². The molecule has 0 amide bonds. The molecule has 0 spiro atoms. The van der Waals surface area contributed by atoms with Gasteiger partial charge in [-0.3, -0.25) is 0 Å². The Kier molecular flexibility index (Phi) is 8.23. The van der Waals surface area contributed by atoms with Crippen LogP contribution in [-0.4, -0.2) is 50.6 Å². The van der Waals surface area contributed by atoms with Gasteiger partial charge >= 0.3 is 0 Å². The minimum atomic E-state index is -3.17. The summed E-state index contributed by atoms with van der Waals surface area (Å²) in [6, 6.07) is 15.9. The molecular weight excluding hydrogens is 473 g/mol. The van der Waals surface area contributed by atoms with E-state index in [0.717, 1.165) is 12.8 Å².